The molecule has 2 aromatic rings. The van der Waals surface area contributed by atoms with Crippen LogP contribution >= 0.6 is 0 Å². The summed E-state index contributed by atoms with van der Waals surface area (Å²) in [7, 11) is 0. The average Bonchev–Trinajstić information content (AvgIpc) is 3.03. The first-order valence-corrected chi connectivity index (χ1v) is 6.70. The first-order chi connectivity index (χ1) is 10.3. The molecule has 0 aliphatic carbocycles. The van der Waals surface area contributed by atoms with Crippen molar-refractivity contribution in [1.29, 1.82) is 0 Å². The third kappa shape index (κ3) is 5.78. The number of esters is 1. The standard InChI is InChI=1S/C18H17NO2/c20-18(21-15-16-9-4-3-5-10-16)13-7-2-1-6-11-17-12-8-14-19-17/h1-14,19H,15H2/b2-1+,11-6+,13-7+. The number of carbonyl (C=O) groups excluding carboxylic acids is 1. The lowest BCUT2D eigenvalue weighted by Gasteiger charge is -2.00. The Labute approximate surface area is 124 Å². The van der Waals surface area contributed by atoms with Crippen LogP contribution in [0.5, 0.6) is 0 Å². The van der Waals surface area contributed by atoms with Crippen LogP contribution in [0.25, 0.3) is 6.08 Å². The number of aromatic amines is 1. The molecule has 0 spiro atoms. The number of carbonyl (C=O) groups is 1. The highest BCUT2D eigenvalue weighted by Gasteiger charge is 1.96. The number of hydrogen-bond acceptors (Lipinski definition) is 2. The van der Waals surface area contributed by atoms with Gasteiger partial charge in [-0.15, -0.1) is 0 Å². The number of H-pyrrole nitrogens is 1. The normalized spacial score (nSPS) is 11.6. The van der Waals surface area contributed by atoms with Gasteiger partial charge in [-0.2, -0.15) is 0 Å². The maximum atomic E-state index is 11.5. The predicted octanol–water partition coefficient (Wildman–Crippen LogP) is 3.88. The summed E-state index contributed by atoms with van der Waals surface area (Å²) in [6.45, 7) is 0.292. The molecular weight excluding hydrogens is 262 g/mol. The first kappa shape index (κ1) is 14.6. The SMILES string of the molecule is O=C(/C=C/C=C/C=C/c1ccc[nH]1)OCc1ccccc1. The van der Waals surface area contributed by atoms with E-state index in [2.05, 4.69) is 4.98 Å². The quantitative estimate of drug-likeness (QED) is 0.495. The fraction of sp³-hybridized carbons (Fsp3) is 0.0556. The number of hydrogen-bond donors (Lipinski definition) is 1. The third-order valence-electron chi connectivity index (χ3n) is 2.69. The molecule has 1 aromatic heterocycles. The van der Waals surface area contributed by atoms with Crippen molar-refractivity contribution in [3.05, 3.63) is 90.3 Å². The zero-order valence-electron chi connectivity index (χ0n) is 11.6. The highest BCUT2D eigenvalue weighted by molar-refractivity contribution is 5.82. The summed E-state index contributed by atoms with van der Waals surface area (Å²) < 4.78 is 5.11. The Bertz CT molecular complexity index is 623. The molecule has 106 valence electrons. The van der Waals surface area contributed by atoms with E-state index in [1.54, 1.807) is 12.2 Å². The first-order valence-electron chi connectivity index (χ1n) is 6.70. The molecule has 1 heterocycles. The minimum atomic E-state index is -0.350. The van der Waals surface area contributed by atoms with Crippen LogP contribution < -0.4 is 0 Å². The Balaban J connectivity index is 1.70. The maximum Gasteiger partial charge on any atom is 0.331 e. The van der Waals surface area contributed by atoms with Crippen molar-refractivity contribution in [2.75, 3.05) is 0 Å². The van der Waals surface area contributed by atoms with Gasteiger partial charge in [0.05, 0.1) is 0 Å². The predicted molar refractivity (Wildman–Crippen MR) is 84.3 cm³/mol. The monoisotopic (exact) mass is 279 g/mol. The van der Waals surface area contributed by atoms with Crippen molar-refractivity contribution < 1.29 is 9.53 Å². The van der Waals surface area contributed by atoms with E-state index < -0.39 is 0 Å². The Morgan fingerprint density at radius 2 is 1.81 bits per heavy atom. The third-order valence-corrected chi connectivity index (χ3v) is 2.69. The molecule has 2 rings (SSSR count). The lowest BCUT2D eigenvalue weighted by molar-refractivity contribution is -0.139. The molecule has 1 N–H and O–H groups in total. The van der Waals surface area contributed by atoms with Gasteiger partial charge in [-0.1, -0.05) is 54.6 Å². The fourth-order valence-corrected chi connectivity index (χ4v) is 1.65. The van der Waals surface area contributed by atoms with Gasteiger partial charge < -0.3 is 9.72 Å². The number of aromatic nitrogens is 1. The second kappa shape index (κ2) is 8.38. The molecule has 0 radical (unpaired) electrons. The molecule has 21 heavy (non-hydrogen) atoms. The summed E-state index contributed by atoms with van der Waals surface area (Å²) in [5, 5.41) is 0. The van der Waals surface area contributed by atoms with Crippen LogP contribution in [0.4, 0.5) is 0 Å². The van der Waals surface area contributed by atoms with E-state index in [0.29, 0.717) is 6.61 Å². The van der Waals surface area contributed by atoms with Crippen LogP contribution in [0.2, 0.25) is 0 Å². The topological polar surface area (TPSA) is 42.1 Å². The van der Waals surface area contributed by atoms with E-state index in [-0.39, 0.29) is 5.97 Å². The Morgan fingerprint density at radius 3 is 2.57 bits per heavy atom. The van der Waals surface area contributed by atoms with Gasteiger partial charge in [0.15, 0.2) is 0 Å². The number of allylic oxidation sites excluding steroid dienone is 4. The van der Waals surface area contributed by atoms with E-state index in [1.807, 2.05) is 66.9 Å². The van der Waals surface area contributed by atoms with Crippen LogP contribution in [-0.2, 0) is 16.1 Å². The van der Waals surface area contributed by atoms with Gasteiger partial charge in [0.25, 0.3) is 0 Å². The molecular formula is C18H17NO2. The highest BCUT2D eigenvalue weighted by Crippen LogP contribution is 2.01. The van der Waals surface area contributed by atoms with E-state index in [0.717, 1.165) is 11.3 Å². The van der Waals surface area contributed by atoms with Gasteiger partial charge in [-0.3, -0.25) is 0 Å². The molecule has 3 heteroatoms. The largest absolute Gasteiger partial charge is 0.458 e. The van der Waals surface area contributed by atoms with Crippen LogP contribution in [0.15, 0.2) is 79.0 Å². The summed E-state index contributed by atoms with van der Waals surface area (Å²) in [5.74, 6) is -0.350. The second-order valence-corrected chi connectivity index (χ2v) is 4.32. The van der Waals surface area contributed by atoms with Gasteiger partial charge in [0.2, 0.25) is 0 Å². The summed E-state index contributed by atoms with van der Waals surface area (Å²) in [6, 6.07) is 13.5. The number of benzene rings is 1. The molecule has 1 aromatic carbocycles. The summed E-state index contributed by atoms with van der Waals surface area (Å²) in [5.41, 5.74) is 2.01. The molecule has 0 saturated heterocycles. The molecule has 0 saturated carbocycles. The van der Waals surface area contributed by atoms with Gasteiger partial charge >= 0.3 is 5.97 Å². The van der Waals surface area contributed by atoms with Crippen LogP contribution in [0, 0.1) is 0 Å². The van der Waals surface area contributed by atoms with E-state index >= 15 is 0 Å². The lowest BCUT2D eigenvalue weighted by atomic mass is 10.2. The van der Waals surface area contributed by atoms with Crippen molar-refractivity contribution in [2.45, 2.75) is 6.61 Å². The second-order valence-electron chi connectivity index (χ2n) is 4.32. The van der Waals surface area contributed by atoms with Crippen molar-refractivity contribution in [1.82, 2.24) is 4.98 Å². The summed E-state index contributed by atoms with van der Waals surface area (Å²) in [6.07, 6.45) is 12.4. The number of rotatable bonds is 6. The molecule has 0 aliphatic rings. The fourth-order valence-electron chi connectivity index (χ4n) is 1.65. The molecule has 0 fully saturated rings. The lowest BCUT2D eigenvalue weighted by Crippen LogP contribution is -2.00. The molecule has 0 bridgehead atoms. The highest BCUT2D eigenvalue weighted by atomic mass is 16.5. The van der Waals surface area contributed by atoms with Gasteiger partial charge in [-0.05, 0) is 23.8 Å². The summed E-state index contributed by atoms with van der Waals surface area (Å²) in [4.78, 5) is 14.5. The summed E-state index contributed by atoms with van der Waals surface area (Å²) >= 11 is 0. The van der Waals surface area contributed by atoms with Crippen molar-refractivity contribution in [3.8, 4) is 0 Å². The molecule has 3 nitrogen and oxygen atoms in total. The van der Waals surface area contributed by atoms with E-state index in [9.17, 15) is 4.79 Å². The van der Waals surface area contributed by atoms with Crippen LogP contribution in [-0.4, -0.2) is 11.0 Å². The van der Waals surface area contributed by atoms with Gasteiger partial charge in [0, 0.05) is 18.0 Å². The van der Waals surface area contributed by atoms with Crippen molar-refractivity contribution in [2.24, 2.45) is 0 Å². The minimum absolute atomic E-state index is 0.292. The van der Waals surface area contributed by atoms with Gasteiger partial charge in [0.1, 0.15) is 6.61 Å². The minimum Gasteiger partial charge on any atom is -0.458 e. The number of nitrogens with one attached hydrogen (secondary N) is 1. The van der Waals surface area contributed by atoms with Crippen molar-refractivity contribution in [3.63, 3.8) is 0 Å². The molecule has 0 aliphatic heterocycles. The Hall–Kier alpha value is -2.81. The number of ether oxygens (including phenoxy) is 1. The van der Waals surface area contributed by atoms with Crippen LogP contribution in [0.1, 0.15) is 11.3 Å². The maximum absolute atomic E-state index is 11.5. The molecule has 0 amide bonds. The Kier molecular flexibility index (Phi) is 5.82. The molecule has 0 unspecified atom stereocenters. The average molecular weight is 279 g/mol. The smallest absolute Gasteiger partial charge is 0.331 e. The zero-order valence-corrected chi connectivity index (χ0v) is 11.6. The van der Waals surface area contributed by atoms with Crippen molar-refractivity contribution >= 4 is 12.0 Å². The molecule has 0 atom stereocenters. The zero-order chi connectivity index (χ0) is 14.8. The Morgan fingerprint density at radius 1 is 1.00 bits per heavy atom. The van der Waals surface area contributed by atoms with Crippen LogP contribution in [0.3, 0.4) is 0 Å². The van der Waals surface area contributed by atoms with E-state index in [4.69, 9.17) is 4.74 Å². The van der Waals surface area contributed by atoms with E-state index in [1.165, 1.54) is 6.08 Å². The van der Waals surface area contributed by atoms with Gasteiger partial charge in [-0.25, -0.2) is 4.79 Å².